The molecule has 1 aliphatic heterocycles. The summed E-state index contributed by atoms with van der Waals surface area (Å²) >= 11 is 0. The molecule has 2 fully saturated rings. The second-order valence-electron chi connectivity index (χ2n) is 6.15. The van der Waals surface area contributed by atoms with Gasteiger partial charge in [0, 0.05) is 25.0 Å². The highest BCUT2D eigenvalue weighted by Crippen LogP contribution is 2.39. The van der Waals surface area contributed by atoms with Gasteiger partial charge in [0.25, 0.3) is 0 Å². The molecule has 100 valence electrons. The van der Waals surface area contributed by atoms with E-state index in [0.717, 1.165) is 26.3 Å². The quantitative estimate of drug-likeness (QED) is 0.712. The third kappa shape index (κ3) is 3.67. The fourth-order valence-electron chi connectivity index (χ4n) is 2.87. The van der Waals surface area contributed by atoms with Gasteiger partial charge >= 0.3 is 0 Å². The molecule has 1 heterocycles. The fourth-order valence-corrected chi connectivity index (χ4v) is 2.87. The van der Waals surface area contributed by atoms with Crippen molar-refractivity contribution in [3.8, 4) is 0 Å². The van der Waals surface area contributed by atoms with Gasteiger partial charge < -0.3 is 15.4 Å². The number of nitrogens with one attached hydrogen (secondary N) is 2. The topological polar surface area (TPSA) is 33.3 Å². The van der Waals surface area contributed by atoms with Gasteiger partial charge in [0.1, 0.15) is 0 Å². The minimum Gasteiger partial charge on any atom is -0.379 e. The van der Waals surface area contributed by atoms with Gasteiger partial charge in [0.2, 0.25) is 0 Å². The average Bonchev–Trinajstić information content (AvgIpc) is 2.72. The molecule has 0 radical (unpaired) electrons. The molecule has 1 saturated carbocycles. The van der Waals surface area contributed by atoms with E-state index in [9.17, 15) is 0 Å². The van der Waals surface area contributed by atoms with E-state index in [4.69, 9.17) is 4.74 Å². The largest absolute Gasteiger partial charge is 0.379 e. The van der Waals surface area contributed by atoms with Crippen LogP contribution < -0.4 is 10.6 Å². The van der Waals surface area contributed by atoms with Gasteiger partial charge in [-0.15, -0.1) is 0 Å². The molecule has 2 aliphatic rings. The summed E-state index contributed by atoms with van der Waals surface area (Å²) < 4.78 is 5.59. The van der Waals surface area contributed by atoms with E-state index in [1.807, 2.05) is 0 Å². The molecule has 0 spiro atoms. The second-order valence-corrected chi connectivity index (χ2v) is 6.15. The molecular weight excluding hydrogens is 212 g/mol. The molecule has 2 rings (SSSR count). The molecule has 0 aromatic rings. The van der Waals surface area contributed by atoms with Crippen molar-refractivity contribution in [1.82, 2.24) is 10.6 Å². The summed E-state index contributed by atoms with van der Waals surface area (Å²) in [7, 11) is 0. The Morgan fingerprint density at radius 2 is 2.12 bits per heavy atom. The van der Waals surface area contributed by atoms with Crippen LogP contribution in [-0.4, -0.2) is 38.9 Å². The Labute approximate surface area is 106 Å². The first kappa shape index (κ1) is 13.3. The van der Waals surface area contributed by atoms with Crippen molar-refractivity contribution in [3.63, 3.8) is 0 Å². The van der Waals surface area contributed by atoms with Crippen molar-refractivity contribution < 1.29 is 4.74 Å². The Morgan fingerprint density at radius 3 is 2.76 bits per heavy atom. The van der Waals surface area contributed by atoms with Gasteiger partial charge in [-0.25, -0.2) is 0 Å². The van der Waals surface area contributed by atoms with E-state index >= 15 is 0 Å². The Hall–Kier alpha value is -0.120. The number of rotatable bonds is 7. The second kappa shape index (κ2) is 6.17. The summed E-state index contributed by atoms with van der Waals surface area (Å²) in [5, 5.41) is 7.25. The maximum absolute atomic E-state index is 5.59. The standard InChI is InChI=1S/C14H28N2O/c1-3-7-16-13-10-17-9-12(13)8-15-11-14(2)5-4-6-14/h12-13,15-16H,3-11H2,1-2H3. The highest BCUT2D eigenvalue weighted by Gasteiger charge is 2.32. The molecule has 0 aromatic carbocycles. The Bertz CT molecular complexity index is 228. The molecular formula is C14H28N2O. The maximum atomic E-state index is 5.59. The van der Waals surface area contributed by atoms with Crippen LogP contribution in [0.5, 0.6) is 0 Å². The smallest absolute Gasteiger partial charge is 0.0623 e. The zero-order chi connectivity index (χ0) is 12.1. The molecule has 1 aliphatic carbocycles. The molecule has 1 saturated heterocycles. The van der Waals surface area contributed by atoms with Crippen molar-refractivity contribution >= 4 is 0 Å². The van der Waals surface area contributed by atoms with E-state index in [0.29, 0.717) is 17.4 Å². The lowest BCUT2D eigenvalue weighted by Gasteiger charge is -2.39. The van der Waals surface area contributed by atoms with Gasteiger partial charge in [0.15, 0.2) is 0 Å². The van der Waals surface area contributed by atoms with E-state index < -0.39 is 0 Å². The maximum Gasteiger partial charge on any atom is 0.0623 e. The van der Waals surface area contributed by atoms with E-state index in [-0.39, 0.29) is 0 Å². The molecule has 2 atom stereocenters. The summed E-state index contributed by atoms with van der Waals surface area (Å²) in [4.78, 5) is 0. The highest BCUT2D eigenvalue weighted by atomic mass is 16.5. The van der Waals surface area contributed by atoms with Gasteiger partial charge in [-0.3, -0.25) is 0 Å². The lowest BCUT2D eigenvalue weighted by molar-refractivity contribution is 0.150. The normalized spacial score (nSPS) is 31.4. The minimum atomic E-state index is 0.566. The molecule has 2 unspecified atom stereocenters. The first-order valence-electron chi connectivity index (χ1n) is 7.25. The van der Waals surface area contributed by atoms with Crippen LogP contribution in [-0.2, 0) is 4.74 Å². The van der Waals surface area contributed by atoms with Crippen molar-refractivity contribution in [2.75, 3.05) is 32.8 Å². The van der Waals surface area contributed by atoms with Gasteiger partial charge in [-0.1, -0.05) is 20.3 Å². The summed E-state index contributed by atoms with van der Waals surface area (Å²) in [5.41, 5.74) is 0.589. The van der Waals surface area contributed by atoms with Crippen LogP contribution in [0.4, 0.5) is 0 Å². The molecule has 0 bridgehead atoms. The third-order valence-electron chi connectivity index (χ3n) is 4.37. The van der Waals surface area contributed by atoms with Crippen LogP contribution in [0, 0.1) is 11.3 Å². The molecule has 17 heavy (non-hydrogen) atoms. The summed E-state index contributed by atoms with van der Waals surface area (Å²) in [6.07, 6.45) is 5.43. The summed E-state index contributed by atoms with van der Waals surface area (Å²) in [5.74, 6) is 0.658. The Morgan fingerprint density at radius 1 is 1.29 bits per heavy atom. The van der Waals surface area contributed by atoms with Crippen molar-refractivity contribution in [3.05, 3.63) is 0 Å². The van der Waals surface area contributed by atoms with Crippen molar-refractivity contribution in [2.24, 2.45) is 11.3 Å². The molecule has 0 aromatic heterocycles. The zero-order valence-corrected chi connectivity index (χ0v) is 11.4. The summed E-state index contributed by atoms with van der Waals surface area (Å²) in [6, 6.07) is 0.566. The van der Waals surface area contributed by atoms with Crippen LogP contribution in [0.1, 0.15) is 39.5 Å². The van der Waals surface area contributed by atoms with Crippen molar-refractivity contribution in [1.29, 1.82) is 0 Å². The highest BCUT2D eigenvalue weighted by molar-refractivity contribution is 4.87. The first-order chi connectivity index (χ1) is 8.23. The van der Waals surface area contributed by atoms with Crippen LogP contribution in [0.2, 0.25) is 0 Å². The molecule has 3 nitrogen and oxygen atoms in total. The molecule has 2 N–H and O–H groups in total. The fraction of sp³-hybridized carbons (Fsp3) is 1.00. The average molecular weight is 240 g/mol. The van der Waals surface area contributed by atoms with Gasteiger partial charge in [-0.2, -0.15) is 0 Å². The molecule has 0 amide bonds. The van der Waals surface area contributed by atoms with Crippen LogP contribution in [0.25, 0.3) is 0 Å². The SMILES string of the molecule is CCCNC1COCC1CNCC1(C)CCC1. The lowest BCUT2D eigenvalue weighted by atomic mass is 9.70. The Kier molecular flexibility index (Phi) is 4.83. The monoisotopic (exact) mass is 240 g/mol. The van der Waals surface area contributed by atoms with E-state index in [1.54, 1.807) is 0 Å². The minimum absolute atomic E-state index is 0.566. The number of ether oxygens (including phenoxy) is 1. The third-order valence-corrected chi connectivity index (χ3v) is 4.37. The van der Waals surface area contributed by atoms with Crippen LogP contribution in [0.3, 0.4) is 0 Å². The predicted octanol–water partition coefficient (Wildman–Crippen LogP) is 1.78. The van der Waals surface area contributed by atoms with E-state index in [1.165, 1.54) is 32.2 Å². The van der Waals surface area contributed by atoms with Crippen molar-refractivity contribution in [2.45, 2.75) is 45.6 Å². The summed E-state index contributed by atoms with van der Waals surface area (Å²) in [6.45, 7) is 9.84. The lowest BCUT2D eigenvalue weighted by Crippen LogP contribution is -2.44. The number of hydrogen-bond donors (Lipinski definition) is 2. The van der Waals surface area contributed by atoms with Crippen LogP contribution in [0.15, 0.2) is 0 Å². The first-order valence-corrected chi connectivity index (χ1v) is 7.25. The predicted molar refractivity (Wildman–Crippen MR) is 71.2 cm³/mol. The van der Waals surface area contributed by atoms with Gasteiger partial charge in [0.05, 0.1) is 13.2 Å². The number of hydrogen-bond acceptors (Lipinski definition) is 3. The van der Waals surface area contributed by atoms with Crippen LogP contribution >= 0.6 is 0 Å². The van der Waals surface area contributed by atoms with Gasteiger partial charge in [-0.05, 0) is 31.2 Å². The zero-order valence-electron chi connectivity index (χ0n) is 11.4. The van der Waals surface area contributed by atoms with E-state index in [2.05, 4.69) is 24.5 Å². The Balaban J connectivity index is 1.63. The molecule has 3 heteroatoms.